The first kappa shape index (κ1) is 17.1. The van der Waals surface area contributed by atoms with E-state index in [-0.39, 0.29) is 0 Å². The Morgan fingerprint density at radius 2 is 1.80 bits per heavy atom. The number of unbranched alkanes of at least 4 members (excludes halogenated alkanes) is 1. The quantitative estimate of drug-likeness (QED) is 0.745. The summed E-state index contributed by atoms with van der Waals surface area (Å²) < 4.78 is 0. The van der Waals surface area contributed by atoms with Gasteiger partial charge in [0.15, 0.2) is 0 Å². The Hall–Kier alpha value is -1.28. The average Bonchev–Trinajstić information content (AvgIpc) is 3.02. The van der Waals surface area contributed by atoms with Gasteiger partial charge in [0.25, 0.3) is 0 Å². The van der Waals surface area contributed by atoms with Crippen LogP contribution in [0.3, 0.4) is 0 Å². The fourth-order valence-corrected chi connectivity index (χ4v) is 5.76. The molecule has 0 atom stereocenters. The van der Waals surface area contributed by atoms with Crippen molar-refractivity contribution in [2.45, 2.75) is 82.1 Å². The summed E-state index contributed by atoms with van der Waals surface area (Å²) >= 11 is 0. The summed E-state index contributed by atoms with van der Waals surface area (Å²) in [5, 5.41) is 1.48. The highest BCUT2D eigenvalue weighted by atomic mass is 15.1. The van der Waals surface area contributed by atoms with E-state index in [1.807, 2.05) is 0 Å². The number of benzene rings is 1. The van der Waals surface area contributed by atoms with Gasteiger partial charge in [0.1, 0.15) is 0 Å². The molecule has 4 rings (SSSR count). The van der Waals surface area contributed by atoms with Gasteiger partial charge in [0.05, 0.1) is 0 Å². The van der Waals surface area contributed by atoms with Crippen molar-refractivity contribution in [3.8, 4) is 0 Å². The van der Waals surface area contributed by atoms with Crippen LogP contribution in [0.1, 0.15) is 76.0 Å². The smallest absolute Gasteiger partial charge is 0.0459 e. The molecule has 0 amide bonds. The van der Waals surface area contributed by atoms with Crippen LogP contribution in [0.5, 0.6) is 0 Å². The topological polar surface area (TPSA) is 19.0 Å². The monoisotopic (exact) mass is 338 g/mol. The number of rotatable bonds is 4. The highest BCUT2D eigenvalue weighted by Gasteiger charge is 2.46. The zero-order valence-corrected chi connectivity index (χ0v) is 16.3. The van der Waals surface area contributed by atoms with Gasteiger partial charge < -0.3 is 9.88 Å². The number of aryl methyl sites for hydroxylation is 1. The standard InChI is InChI=1S/C23H34N2/c1-4-5-13-23(25(2)3)16-14-22(15-17-23)12-8-10-19-18-9-6-7-11-20(18)24-21(19)22/h6-7,9,11,24H,4-5,8,10,12-17H2,1-3H3. The van der Waals surface area contributed by atoms with Crippen LogP contribution in [0.15, 0.2) is 24.3 Å². The third-order valence-electron chi connectivity index (χ3n) is 7.51. The van der Waals surface area contributed by atoms with Gasteiger partial charge in [-0.05, 0) is 77.1 Å². The molecule has 0 bridgehead atoms. The number of aromatic amines is 1. The molecule has 136 valence electrons. The number of para-hydroxylation sites is 1. The van der Waals surface area contributed by atoms with Crippen LogP contribution in [-0.4, -0.2) is 29.5 Å². The molecule has 0 saturated heterocycles. The van der Waals surface area contributed by atoms with E-state index >= 15 is 0 Å². The number of hydrogen-bond donors (Lipinski definition) is 1. The van der Waals surface area contributed by atoms with E-state index in [2.05, 4.69) is 55.2 Å². The van der Waals surface area contributed by atoms with Crippen molar-refractivity contribution >= 4 is 10.9 Å². The zero-order chi connectivity index (χ0) is 17.5. The average molecular weight is 339 g/mol. The Balaban J connectivity index is 1.65. The highest BCUT2D eigenvalue weighted by molar-refractivity contribution is 5.85. The van der Waals surface area contributed by atoms with Gasteiger partial charge >= 0.3 is 0 Å². The minimum absolute atomic E-state index is 0.415. The number of nitrogens with zero attached hydrogens (tertiary/aromatic N) is 1. The first-order chi connectivity index (χ1) is 12.1. The lowest BCUT2D eigenvalue weighted by molar-refractivity contribution is 0.0509. The molecule has 1 N–H and O–H groups in total. The summed E-state index contributed by atoms with van der Waals surface area (Å²) in [7, 11) is 4.62. The zero-order valence-electron chi connectivity index (χ0n) is 16.3. The Bertz CT molecular complexity index is 732. The van der Waals surface area contributed by atoms with Crippen LogP contribution < -0.4 is 0 Å². The molecule has 25 heavy (non-hydrogen) atoms. The van der Waals surface area contributed by atoms with E-state index < -0.39 is 0 Å². The molecule has 0 unspecified atom stereocenters. The summed E-state index contributed by atoms with van der Waals surface area (Å²) in [5.41, 5.74) is 5.43. The number of hydrogen-bond acceptors (Lipinski definition) is 1. The van der Waals surface area contributed by atoms with E-state index in [9.17, 15) is 0 Å². The molecule has 2 nitrogen and oxygen atoms in total. The molecule has 1 spiro atoms. The van der Waals surface area contributed by atoms with Crippen molar-refractivity contribution < 1.29 is 0 Å². The molecule has 0 aliphatic heterocycles. The third-order valence-corrected chi connectivity index (χ3v) is 7.51. The molecule has 2 aliphatic rings. The normalized spacial score (nSPS) is 29.4. The maximum Gasteiger partial charge on any atom is 0.0459 e. The fraction of sp³-hybridized carbons (Fsp3) is 0.652. The van der Waals surface area contributed by atoms with Gasteiger partial charge in [-0.2, -0.15) is 0 Å². The minimum atomic E-state index is 0.415. The number of nitrogens with one attached hydrogen (secondary N) is 1. The van der Waals surface area contributed by atoms with E-state index in [1.54, 1.807) is 11.3 Å². The molecule has 1 aromatic carbocycles. The van der Waals surface area contributed by atoms with Crippen LogP contribution in [0.25, 0.3) is 10.9 Å². The minimum Gasteiger partial charge on any atom is -0.358 e. The lowest BCUT2D eigenvalue weighted by Gasteiger charge is -2.51. The van der Waals surface area contributed by atoms with E-state index in [0.29, 0.717) is 11.0 Å². The molecule has 0 radical (unpaired) electrons. The summed E-state index contributed by atoms with van der Waals surface area (Å²) in [6.07, 6.45) is 13.5. The van der Waals surface area contributed by atoms with Gasteiger partial charge in [-0.3, -0.25) is 0 Å². The van der Waals surface area contributed by atoms with E-state index in [1.165, 1.54) is 75.1 Å². The molecular weight excluding hydrogens is 304 g/mol. The predicted molar refractivity (Wildman–Crippen MR) is 107 cm³/mol. The van der Waals surface area contributed by atoms with Crippen molar-refractivity contribution in [2.24, 2.45) is 0 Å². The molecule has 1 heterocycles. The molecule has 1 saturated carbocycles. The van der Waals surface area contributed by atoms with Crippen molar-refractivity contribution in [3.05, 3.63) is 35.5 Å². The van der Waals surface area contributed by atoms with Gasteiger partial charge in [-0.25, -0.2) is 0 Å². The van der Waals surface area contributed by atoms with E-state index in [0.717, 1.165) is 0 Å². The molecule has 1 aromatic heterocycles. The number of H-pyrrole nitrogens is 1. The van der Waals surface area contributed by atoms with Crippen LogP contribution in [0.4, 0.5) is 0 Å². The van der Waals surface area contributed by atoms with E-state index in [4.69, 9.17) is 0 Å². The number of aromatic nitrogens is 1. The second-order valence-corrected chi connectivity index (χ2v) is 8.88. The fourth-order valence-electron chi connectivity index (χ4n) is 5.76. The first-order valence-electron chi connectivity index (χ1n) is 10.4. The third kappa shape index (κ3) is 2.73. The largest absolute Gasteiger partial charge is 0.358 e. The van der Waals surface area contributed by atoms with Gasteiger partial charge in [-0.15, -0.1) is 0 Å². The first-order valence-corrected chi connectivity index (χ1v) is 10.4. The summed E-state index contributed by atoms with van der Waals surface area (Å²) in [4.78, 5) is 6.41. The summed E-state index contributed by atoms with van der Waals surface area (Å²) in [6, 6.07) is 8.94. The molecular formula is C23H34N2. The lowest BCUT2D eigenvalue weighted by Crippen LogP contribution is -2.51. The van der Waals surface area contributed by atoms with Crippen LogP contribution in [0.2, 0.25) is 0 Å². The Kier molecular flexibility index (Phi) is 4.43. The second-order valence-electron chi connectivity index (χ2n) is 8.88. The maximum atomic E-state index is 3.86. The SMILES string of the molecule is CCCCC1(N(C)C)CCC2(CCCc3c2[nH]c2ccccc32)CC1. The maximum absolute atomic E-state index is 3.86. The molecule has 1 fully saturated rings. The van der Waals surface area contributed by atoms with Crippen LogP contribution in [-0.2, 0) is 11.8 Å². The highest BCUT2D eigenvalue weighted by Crippen LogP contribution is 2.52. The summed E-state index contributed by atoms with van der Waals surface area (Å²) in [6.45, 7) is 2.32. The van der Waals surface area contributed by atoms with Crippen molar-refractivity contribution in [3.63, 3.8) is 0 Å². The predicted octanol–water partition coefficient (Wildman–Crippen LogP) is 5.81. The van der Waals surface area contributed by atoms with Crippen molar-refractivity contribution in [1.82, 2.24) is 9.88 Å². The Morgan fingerprint density at radius 3 is 2.52 bits per heavy atom. The molecule has 2 aliphatic carbocycles. The Labute approximate surface area is 153 Å². The lowest BCUT2D eigenvalue weighted by atomic mass is 9.60. The Morgan fingerprint density at radius 1 is 1.04 bits per heavy atom. The van der Waals surface area contributed by atoms with Crippen LogP contribution in [0, 0.1) is 0 Å². The van der Waals surface area contributed by atoms with Gasteiger partial charge in [0, 0.05) is 27.6 Å². The van der Waals surface area contributed by atoms with Crippen molar-refractivity contribution in [1.29, 1.82) is 0 Å². The van der Waals surface area contributed by atoms with Gasteiger partial charge in [0.2, 0.25) is 0 Å². The van der Waals surface area contributed by atoms with Gasteiger partial charge in [-0.1, -0.05) is 38.0 Å². The second kappa shape index (κ2) is 6.46. The molecule has 2 heteroatoms. The number of fused-ring (bicyclic) bond motifs is 4. The molecule has 2 aromatic rings. The van der Waals surface area contributed by atoms with Crippen LogP contribution >= 0.6 is 0 Å². The van der Waals surface area contributed by atoms with Crippen molar-refractivity contribution in [2.75, 3.05) is 14.1 Å². The summed E-state index contributed by atoms with van der Waals surface area (Å²) in [5.74, 6) is 0.